The van der Waals surface area contributed by atoms with Crippen molar-refractivity contribution in [1.29, 1.82) is 0 Å². The van der Waals surface area contributed by atoms with Crippen LogP contribution in [0.5, 0.6) is 0 Å². The van der Waals surface area contributed by atoms with Gasteiger partial charge in [0.05, 0.1) is 11.5 Å². The normalized spacial score (nSPS) is 14.5. The number of carbonyl (C=O) groups is 1. The maximum Gasteiger partial charge on any atom is 0.411 e. The summed E-state index contributed by atoms with van der Waals surface area (Å²) in [6.45, 7) is 4.67. The molecule has 138 valence electrons. The molecule has 2 aromatic carbocycles. The van der Waals surface area contributed by atoms with Gasteiger partial charge in [-0.25, -0.2) is 13.2 Å². The summed E-state index contributed by atoms with van der Waals surface area (Å²) in [4.78, 5) is 11.9. The fourth-order valence-electron chi connectivity index (χ4n) is 2.96. The molecule has 2 aromatic rings. The molecule has 3 rings (SSSR count). The topological polar surface area (TPSA) is 75.7 Å². The fourth-order valence-corrected chi connectivity index (χ4v) is 4.38. The highest BCUT2D eigenvalue weighted by Gasteiger charge is 2.28. The molecule has 1 amide bonds. The predicted molar refractivity (Wildman–Crippen MR) is 99.6 cm³/mol. The summed E-state index contributed by atoms with van der Waals surface area (Å²) in [5, 5.41) is 2.66. The van der Waals surface area contributed by atoms with Gasteiger partial charge in [0, 0.05) is 18.8 Å². The standard InChI is InChI=1S/C19H22N2O4S/c1-3-25-19(22)20-17-7-6-15-10-11-21(13-16(15)12-17)26(23,24)18-8-4-14(2)5-9-18/h4-9,12H,3,10-11,13H2,1-2H3,(H,20,22). The Morgan fingerprint density at radius 2 is 1.88 bits per heavy atom. The van der Waals surface area contributed by atoms with Gasteiger partial charge in [0.2, 0.25) is 10.0 Å². The van der Waals surface area contributed by atoms with Crippen LogP contribution in [-0.2, 0) is 27.7 Å². The number of benzene rings is 2. The SMILES string of the molecule is CCOC(=O)Nc1ccc2c(c1)CN(S(=O)(=O)c1ccc(C)cc1)CC2. The number of ether oxygens (including phenoxy) is 1. The molecule has 0 unspecified atom stereocenters. The van der Waals surface area contributed by atoms with E-state index in [2.05, 4.69) is 5.32 Å². The molecule has 0 fully saturated rings. The van der Waals surface area contributed by atoms with Gasteiger partial charge in [0.1, 0.15) is 0 Å². The van der Waals surface area contributed by atoms with Crippen molar-refractivity contribution in [3.63, 3.8) is 0 Å². The van der Waals surface area contributed by atoms with Crippen LogP contribution in [0.25, 0.3) is 0 Å². The smallest absolute Gasteiger partial charge is 0.411 e. The lowest BCUT2D eigenvalue weighted by Gasteiger charge is -2.28. The number of aryl methyl sites for hydroxylation is 1. The van der Waals surface area contributed by atoms with Crippen molar-refractivity contribution in [2.45, 2.75) is 31.7 Å². The second-order valence-corrected chi connectivity index (χ2v) is 8.17. The number of nitrogens with zero attached hydrogens (tertiary/aromatic N) is 1. The molecule has 1 heterocycles. The highest BCUT2D eigenvalue weighted by Crippen LogP contribution is 2.27. The summed E-state index contributed by atoms with van der Waals surface area (Å²) in [6, 6.07) is 12.4. The lowest BCUT2D eigenvalue weighted by molar-refractivity contribution is 0.168. The number of nitrogens with one attached hydrogen (secondary N) is 1. The molecule has 26 heavy (non-hydrogen) atoms. The van der Waals surface area contributed by atoms with E-state index in [0.717, 1.165) is 16.7 Å². The van der Waals surface area contributed by atoms with Gasteiger partial charge >= 0.3 is 6.09 Å². The third kappa shape index (κ3) is 3.89. The molecule has 0 bridgehead atoms. The minimum Gasteiger partial charge on any atom is -0.450 e. The van der Waals surface area contributed by atoms with E-state index >= 15 is 0 Å². The van der Waals surface area contributed by atoms with E-state index < -0.39 is 16.1 Å². The van der Waals surface area contributed by atoms with Crippen LogP contribution in [0.1, 0.15) is 23.6 Å². The number of rotatable bonds is 4. The third-order valence-electron chi connectivity index (χ3n) is 4.36. The van der Waals surface area contributed by atoms with Gasteiger partial charge in [-0.3, -0.25) is 5.32 Å². The van der Waals surface area contributed by atoms with E-state index in [4.69, 9.17) is 4.74 Å². The van der Waals surface area contributed by atoms with Crippen LogP contribution in [0, 0.1) is 6.92 Å². The maximum atomic E-state index is 12.9. The molecule has 0 saturated heterocycles. The number of hydrogen-bond acceptors (Lipinski definition) is 4. The number of amides is 1. The van der Waals surface area contributed by atoms with Crippen molar-refractivity contribution in [1.82, 2.24) is 4.31 Å². The van der Waals surface area contributed by atoms with Crippen molar-refractivity contribution in [3.05, 3.63) is 59.2 Å². The second kappa shape index (κ2) is 7.47. The molecule has 0 aromatic heterocycles. The summed E-state index contributed by atoms with van der Waals surface area (Å²) < 4.78 is 32.1. The Morgan fingerprint density at radius 3 is 2.58 bits per heavy atom. The average Bonchev–Trinajstić information content (AvgIpc) is 2.61. The van der Waals surface area contributed by atoms with Crippen LogP contribution in [0.2, 0.25) is 0 Å². The Balaban J connectivity index is 1.81. The lowest BCUT2D eigenvalue weighted by atomic mass is 10.0. The van der Waals surface area contributed by atoms with Crippen LogP contribution < -0.4 is 5.32 Å². The van der Waals surface area contributed by atoms with E-state index in [9.17, 15) is 13.2 Å². The summed E-state index contributed by atoms with van der Waals surface area (Å²) in [5.74, 6) is 0. The van der Waals surface area contributed by atoms with Crippen LogP contribution in [0.4, 0.5) is 10.5 Å². The third-order valence-corrected chi connectivity index (χ3v) is 6.22. The van der Waals surface area contributed by atoms with E-state index in [1.807, 2.05) is 19.1 Å². The molecule has 0 radical (unpaired) electrons. The molecular formula is C19H22N2O4S. The van der Waals surface area contributed by atoms with Gasteiger partial charge in [-0.2, -0.15) is 4.31 Å². The zero-order valence-electron chi connectivity index (χ0n) is 14.9. The van der Waals surface area contributed by atoms with Crippen molar-refractivity contribution in [3.8, 4) is 0 Å². The van der Waals surface area contributed by atoms with E-state index in [0.29, 0.717) is 30.2 Å². The van der Waals surface area contributed by atoms with Gasteiger partial charge in [-0.1, -0.05) is 23.8 Å². The van der Waals surface area contributed by atoms with E-state index in [1.165, 1.54) is 4.31 Å². The Morgan fingerprint density at radius 1 is 1.15 bits per heavy atom. The van der Waals surface area contributed by atoms with Crippen molar-refractivity contribution in [2.24, 2.45) is 0 Å². The first-order chi connectivity index (χ1) is 12.4. The minimum atomic E-state index is -3.54. The largest absolute Gasteiger partial charge is 0.450 e. The molecular weight excluding hydrogens is 352 g/mol. The van der Waals surface area contributed by atoms with Crippen molar-refractivity contribution in [2.75, 3.05) is 18.5 Å². The van der Waals surface area contributed by atoms with Crippen LogP contribution in [-0.4, -0.2) is 32.0 Å². The molecule has 0 saturated carbocycles. The van der Waals surface area contributed by atoms with Gasteiger partial charge in [0.15, 0.2) is 0 Å². The van der Waals surface area contributed by atoms with Gasteiger partial charge < -0.3 is 4.74 Å². The number of sulfonamides is 1. The minimum absolute atomic E-state index is 0.282. The maximum absolute atomic E-state index is 12.9. The molecule has 1 aliphatic rings. The summed E-state index contributed by atoms with van der Waals surface area (Å²) in [6.07, 6.45) is 0.118. The molecule has 6 nitrogen and oxygen atoms in total. The number of fused-ring (bicyclic) bond motifs is 1. The first-order valence-corrected chi connectivity index (χ1v) is 9.96. The Hall–Kier alpha value is -2.38. The lowest BCUT2D eigenvalue weighted by Crippen LogP contribution is -2.36. The molecule has 1 aliphatic heterocycles. The first-order valence-electron chi connectivity index (χ1n) is 8.52. The molecule has 0 atom stereocenters. The quantitative estimate of drug-likeness (QED) is 0.891. The van der Waals surface area contributed by atoms with Crippen LogP contribution in [0.15, 0.2) is 47.4 Å². The summed E-state index contributed by atoms with van der Waals surface area (Å²) >= 11 is 0. The predicted octanol–water partition coefficient (Wildman–Crippen LogP) is 3.31. The average molecular weight is 374 g/mol. The highest BCUT2D eigenvalue weighted by atomic mass is 32.2. The van der Waals surface area contributed by atoms with Gasteiger partial charge in [0.25, 0.3) is 0 Å². The first kappa shape index (κ1) is 18.4. The number of carbonyl (C=O) groups excluding carboxylic acids is 1. The monoisotopic (exact) mass is 374 g/mol. The number of anilines is 1. The zero-order chi connectivity index (χ0) is 18.7. The summed E-state index contributed by atoms with van der Waals surface area (Å²) in [5.41, 5.74) is 3.59. The van der Waals surface area contributed by atoms with Crippen LogP contribution >= 0.6 is 0 Å². The number of hydrogen-bond donors (Lipinski definition) is 1. The Labute approximate surface area is 153 Å². The van der Waals surface area contributed by atoms with Crippen LogP contribution in [0.3, 0.4) is 0 Å². The molecule has 7 heteroatoms. The Kier molecular flexibility index (Phi) is 5.29. The Bertz CT molecular complexity index is 908. The second-order valence-electron chi connectivity index (χ2n) is 6.23. The van der Waals surface area contributed by atoms with Gasteiger partial charge in [-0.15, -0.1) is 0 Å². The van der Waals surface area contributed by atoms with E-state index in [-0.39, 0.29) is 6.54 Å². The van der Waals surface area contributed by atoms with E-state index in [1.54, 1.807) is 37.3 Å². The molecule has 1 N–H and O–H groups in total. The molecule has 0 aliphatic carbocycles. The molecule has 0 spiro atoms. The van der Waals surface area contributed by atoms with Gasteiger partial charge in [-0.05, 0) is 55.7 Å². The fraction of sp³-hybridized carbons (Fsp3) is 0.316. The summed E-state index contributed by atoms with van der Waals surface area (Å²) in [7, 11) is -3.54. The zero-order valence-corrected chi connectivity index (χ0v) is 15.7. The van der Waals surface area contributed by atoms with Crippen molar-refractivity contribution < 1.29 is 17.9 Å². The van der Waals surface area contributed by atoms with Crippen molar-refractivity contribution >= 4 is 21.8 Å². The highest BCUT2D eigenvalue weighted by molar-refractivity contribution is 7.89.